The zero-order valence-electron chi connectivity index (χ0n) is 13.7. The molecule has 108 valence electrons. The summed E-state index contributed by atoms with van der Waals surface area (Å²) in [4.78, 5) is 0.483. The fourth-order valence-electron chi connectivity index (χ4n) is 2.90. The second-order valence-corrected chi connectivity index (χ2v) is 7.05. The summed E-state index contributed by atoms with van der Waals surface area (Å²) in [6, 6.07) is 0. The molecule has 0 aliphatic rings. The Hall–Kier alpha value is -0.300. The van der Waals surface area contributed by atoms with Gasteiger partial charge in [0.05, 0.1) is 0 Å². The molecule has 1 heteroatoms. The lowest BCUT2D eigenvalue weighted by atomic mass is 9.84. The van der Waals surface area contributed by atoms with E-state index in [1.54, 1.807) is 0 Å². The second kappa shape index (κ2) is 6.92. The molecule has 0 aliphatic carbocycles. The van der Waals surface area contributed by atoms with Crippen LogP contribution in [0.25, 0.3) is 0 Å². The van der Waals surface area contributed by atoms with Crippen LogP contribution in [0.15, 0.2) is 0 Å². The highest BCUT2D eigenvalue weighted by Crippen LogP contribution is 2.40. The van der Waals surface area contributed by atoms with Crippen molar-refractivity contribution in [3.63, 3.8) is 0 Å². The van der Waals surface area contributed by atoms with Gasteiger partial charge in [-0.05, 0) is 80.3 Å². The van der Waals surface area contributed by atoms with E-state index in [2.05, 4.69) is 64.4 Å². The van der Waals surface area contributed by atoms with Crippen molar-refractivity contribution in [3.05, 3.63) is 33.4 Å². The zero-order valence-corrected chi connectivity index (χ0v) is 15.2. The van der Waals surface area contributed by atoms with E-state index in [-0.39, 0.29) is 0 Å². The van der Waals surface area contributed by atoms with Crippen LogP contribution in [0.2, 0.25) is 0 Å². The second-order valence-electron chi connectivity index (χ2n) is 6.06. The van der Waals surface area contributed by atoms with Gasteiger partial charge in [-0.15, -0.1) is 0 Å². The Morgan fingerprint density at radius 3 is 1.68 bits per heavy atom. The first-order valence-corrected chi connectivity index (χ1v) is 8.45. The Kier molecular flexibility index (Phi) is 6.11. The van der Waals surface area contributed by atoms with Crippen molar-refractivity contribution >= 4 is 15.9 Å². The van der Waals surface area contributed by atoms with Gasteiger partial charge < -0.3 is 0 Å². The molecule has 2 atom stereocenters. The van der Waals surface area contributed by atoms with Crippen molar-refractivity contribution in [3.8, 4) is 0 Å². The summed E-state index contributed by atoms with van der Waals surface area (Å²) >= 11 is 3.98. The Morgan fingerprint density at radius 1 is 0.842 bits per heavy atom. The van der Waals surface area contributed by atoms with Crippen LogP contribution in [0.1, 0.15) is 71.3 Å². The van der Waals surface area contributed by atoms with Gasteiger partial charge in [0.15, 0.2) is 0 Å². The highest BCUT2D eigenvalue weighted by atomic mass is 79.9. The number of hydrogen-bond donors (Lipinski definition) is 0. The largest absolute Gasteiger partial charge is 0.0836 e. The Morgan fingerprint density at radius 2 is 1.26 bits per heavy atom. The summed E-state index contributed by atoms with van der Waals surface area (Å²) in [5.41, 5.74) is 8.87. The van der Waals surface area contributed by atoms with E-state index in [4.69, 9.17) is 0 Å². The summed E-state index contributed by atoms with van der Waals surface area (Å²) in [7, 11) is 0. The molecule has 0 radical (unpaired) electrons. The lowest BCUT2D eigenvalue weighted by molar-refractivity contribution is 0.498. The third-order valence-electron chi connectivity index (χ3n) is 4.85. The molecule has 0 N–H and O–H groups in total. The standard InChI is InChI=1S/C18H29Br/c1-8-9-10-11(2)18(19)17-15(6)13(4)12(3)14(5)16(17)7/h11,18H,8-10H2,1-7H3. The fourth-order valence-corrected chi connectivity index (χ4v) is 3.85. The third-order valence-corrected chi connectivity index (χ3v) is 6.21. The van der Waals surface area contributed by atoms with Crippen LogP contribution >= 0.6 is 15.9 Å². The molecule has 1 rings (SSSR count). The topological polar surface area (TPSA) is 0 Å². The monoisotopic (exact) mass is 324 g/mol. The van der Waals surface area contributed by atoms with Gasteiger partial charge in [0, 0.05) is 4.83 Å². The SMILES string of the molecule is CCCCC(C)C(Br)c1c(C)c(C)c(C)c(C)c1C. The maximum atomic E-state index is 3.98. The van der Waals surface area contributed by atoms with Gasteiger partial charge >= 0.3 is 0 Å². The minimum atomic E-state index is 0.483. The Bertz CT molecular complexity index is 416. The lowest BCUT2D eigenvalue weighted by Crippen LogP contribution is -2.10. The number of rotatable bonds is 5. The van der Waals surface area contributed by atoms with Gasteiger partial charge in [0.2, 0.25) is 0 Å². The summed E-state index contributed by atoms with van der Waals surface area (Å²) in [6.07, 6.45) is 3.91. The van der Waals surface area contributed by atoms with E-state index >= 15 is 0 Å². The van der Waals surface area contributed by atoms with Crippen LogP contribution in [0.4, 0.5) is 0 Å². The molecular formula is C18H29Br. The van der Waals surface area contributed by atoms with Gasteiger partial charge in [-0.3, -0.25) is 0 Å². The molecule has 0 aliphatic heterocycles. The number of halogens is 1. The fraction of sp³-hybridized carbons (Fsp3) is 0.667. The lowest BCUT2D eigenvalue weighted by Gasteiger charge is -2.26. The molecule has 0 aromatic heterocycles. The number of alkyl halides is 1. The summed E-state index contributed by atoms with van der Waals surface area (Å²) in [6.45, 7) is 16.0. The van der Waals surface area contributed by atoms with Crippen LogP contribution in [0.3, 0.4) is 0 Å². The summed E-state index contributed by atoms with van der Waals surface area (Å²) < 4.78 is 0. The van der Waals surface area contributed by atoms with Gasteiger partial charge in [0.1, 0.15) is 0 Å². The van der Waals surface area contributed by atoms with Crippen LogP contribution in [-0.4, -0.2) is 0 Å². The van der Waals surface area contributed by atoms with Crippen LogP contribution in [-0.2, 0) is 0 Å². The van der Waals surface area contributed by atoms with Crippen molar-refractivity contribution in [1.82, 2.24) is 0 Å². The van der Waals surface area contributed by atoms with Gasteiger partial charge in [-0.2, -0.15) is 0 Å². The molecule has 0 nitrogen and oxygen atoms in total. The van der Waals surface area contributed by atoms with Crippen molar-refractivity contribution in [1.29, 1.82) is 0 Å². The predicted molar refractivity (Wildman–Crippen MR) is 90.5 cm³/mol. The molecule has 0 heterocycles. The molecule has 1 aromatic carbocycles. The molecule has 19 heavy (non-hydrogen) atoms. The minimum Gasteiger partial charge on any atom is -0.0836 e. The average molecular weight is 325 g/mol. The first kappa shape index (κ1) is 16.8. The van der Waals surface area contributed by atoms with Crippen LogP contribution in [0.5, 0.6) is 0 Å². The molecule has 0 amide bonds. The predicted octanol–water partition coefficient (Wildman–Crippen LogP) is 6.49. The highest BCUT2D eigenvalue weighted by Gasteiger charge is 2.22. The third kappa shape index (κ3) is 3.42. The van der Waals surface area contributed by atoms with Crippen molar-refractivity contribution in [2.75, 3.05) is 0 Å². The average Bonchev–Trinajstić information content (AvgIpc) is 2.40. The summed E-state index contributed by atoms with van der Waals surface area (Å²) in [5.74, 6) is 0.693. The molecule has 0 fully saturated rings. The number of unbranched alkanes of at least 4 members (excludes halogenated alkanes) is 1. The molecular weight excluding hydrogens is 296 g/mol. The maximum absolute atomic E-state index is 3.98. The molecule has 2 unspecified atom stereocenters. The van der Waals surface area contributed by atoms with Gasteiger partial charge in [0.25, 0.3) is 0 Å². The molecule has 0 spiro atoms. The van der Waals surface area contributed by atoms with E-state index in [0.717, 1.165) is 0 Å². The number of benzene rings is 1. The van der Waals surface area contributed by atoms with Crippen LogP contribution in [0, 0.1) is 40.5 Å². The van der Waals surface area contributed by atoms with Crippen molar-refractivity contribution in [2.45, 2.75) is 72.6 Å². The van der Waals surface area contributed by atoms with E-state index in [0.29, 0.717) is 10.7 Å². The first-order valence-electron chi connectivity index (χ1n) is 7.53. The van der Waals surface area contributed by atoms with Crippen molar-refractivity contribution < 1.29 is 0 Å². The van der Waals surface area contributed by atoms with E-state index in [1.165, 1.54) is 52.6 Å². The zero-order chi connectivity index (χ0) is 14.7. The Labute approximate surface area is 128 Å². The molecule has 1 aromatic rings. The van der Waals surface area contributed by atoms with E-state index in [9.17, 15) is 0 Å². The Balaban J connectivity index is 3.20. The minimum absolute atomic E-state index is 0.483. The molecule has 0 saturated carbocycles. The van der Waals surface area contributed by atoms with Gasteiger partial charge in [-0.25, -0.2) is 0 Å². The number of hydrogen-bond acceptors (Lipinski definition) is 0. The quantitative estimate of drug-likeness (QED) is 0.543. The van der Waals surface area contributed by atoms with Crippen LogP contribution < -0.4 is 0 Å². The van der Waals surface area contributed by atoms with Crippen molar-refractivity contribution in [2.24, 2.45) is 5.92 Å². The maximum Gasteiger partial charge on any atom is 0.0426 e. The van der Waals surface area contributed by atoms with E-state index < -0.39 is 0 Å². The smallest absolute Gasteiger partial charge is 0.0426 e. The molecule has 0 saturated heterocycles. The summed E-state index contributed by atoms with van der Waals surface area (Å²) in [5, 5.41) is 0. The van der Waals surface area contributed by atoms with E-state index in [1.807, 2.05) is 0 Å². The molecule has 0 bridgehead atoms. The highest BCUT2D eigenvalue weighted by molar-refractivity contribution is 9.09. The first-order chi connectivity index (χ1) is 8.82. The van der Waals surface area contributed by atoms with Gasteiger partial charge in [-0.1, -0.05) is 42.6 Å². The normalized spacial score (nSPS) is 14.5.